The van der Waals surface area contributed by atoms with Gasteiger partial charge in [0.2, 0.25) is 0 Å². The fourth-order valence-electron chi connectivity index (χ4n) is 3.16. The number of benzene rings is 2. The van der Waals surface area contributed by atoms with Crippen molar-refractivity contribution in [2.45, 2.75) is 51.5 Å². The number of rotatable bonds is 5. The van der Waals surface area contributed by atoms with Crippen molar-refractivity contribution >= 4 is 27.3 Å². The molecule has 0 atom stereocenters. The summed E-state index contributed by atoms with van der Waals surface area (Å²) in [5, 5.41) is 4.67. The van der Waals surface area contributed by atoms with Crippen LogP contribution in [-0.2, 0) is 22.0 Å². The van der Waals surface area contributed by atoms with E-state index in [1.54, 1.807) is 36.7 Å². The summed E-state index contributed by atoms with van der Waals surface area (Å²) in [5.74, 6) is -0.434. The SMILES string of the molecule is Cc1nn(Cc2c(F)cccc2Cl)c(C)c1NS(=O)(=O)c1ccc(C(C)(C)C)cc1. The van der Waals surface area contributed by atoms with Crippen LogP contribution in [0.25, 0.3) is 0 Å². The maximum atomic E-state index is 14.1. The van der Waals surface area contributed by atoms with E-state index < -0.39 is 15.8 Å². The summed E-state index contributed by atoms with van der Waals surface area (Å²) in [7, 11) is -3.80. The van der Waals surface area contributed by atoms with E-state index in [1.807, 2.05) is 12.1 Å². The fraction of sp³-hybridized carbons (Fsp3) is 0.318. The van der Waals surface area contributed by atoms with E-state index in [0.29, 0.717) is 27.7 Å². The lowest BCUT2D eigenvalue weighted by Crippen LogP contribution is -2.16. The van der Waals surface area contributed by atoms with Crippen LogP contribution in [0.15, 0.2) is 47.4 Å². The molecule has 0 bridgehead atoms. The van der Waals surface area contributed by atoms with Crippen molar-refractivity contribution in [3.8, 4) is 0 Å². The Hall–Kier alpha value is -2.38. The molecule has 5 nitrogen and oxygen atoms in total. The third kappa shape index (κ3) is 4.52. The number of aryl methyl sites for hydroxylation is 1. The second-order valence-electron chi connectivity index (χ2n) is 8.28. The minimum absolute atomic E-state index is 0.0714. The Bertz CT molecular complexity index is 1160. The molecule has 0 aliphatic heterocycles. The topological polar surface area (TPSA) is 64.0 Å². The Kier molecular flexibility index (Phi) is 5.98. The Labute approximate surface area is 181 Å². The first-order valence-electron chi connectivity index (χ1n) is 9.50. The Balaban J connectivity index is 1.90. The molecular weight excluding hydrogens is 425 g/mol. The summed E-state index contributed by atoms with van der Waals surface area (Å²) in [4.78, 5) is 0.166. The predicted molar refractivity (Wildman–Crippen MR) is 118 cm³/mol. The molecule has 0 unspecified atom stereocenters. The molecule has 0 radical (unpaired) electrons. The van der Waals surface area contributed by atoms with Crippen LogP contribution in [0.4, 0.5) is 10.1 Å². The van der Waals surface area contributed by atoms with Crippen molar-refractivity contribution < 1.29 is 12.8 Å². The van der Waals surface area contributed by atoms with E-state index in [0.717, 1.165) is 5.56 Å². The summed E-state index contributed by atoms with van der Waals surface area (Å²) in [5.41, 5.74) is 2.72. The van der Waals surface area contributed by atoms with Crippen LogP contribution in [0.5, 0.6) is 0 Å². The molecule has 0 aliphatic carbocycles. The highest BCUT2D eigenvalue weighted by atomic mass is 35.5. The monoisotopic (exact) mass is 449 g/mol. The van der Waals surface area contributed by atoms with Crippen molar-refractivity contribution in [1.29, 1.82) is 0 Å². The maximum Gasteiger partial charge on any atom is 0.262 e. The Morgan fingerprint density at radius 3 is 2.30 bits per heavy atom. The highest BCUT2D eigenvalue weighted by Crippen LogP contribution is 2.28. The summed E-state index contributed by atoms with van der Waals surface area (Å²) >= 11 is 6.12. The summed E-state index contributed by atoms with van der Waals surface area (Å²) in [6.45, 7) is 9.73. The average Bonchev–Trinajstić information content (AvgIpc) is 2.91. The number of anilines is 1. The van der Waals surface area contributed by atoms with Crippen LogP contribution in [0.1, 0.15) is 43.3 Å². The molecule has 0 aliphatic rings. The second kappa shape index (κ2) is 8.04. The third-order valence-corrected chi connectivity index (χ3v) is 6.74. The minimum atomic E-state index is -3.80. The Morgan fingerprint density at radius 1 is 1.10 bits per heavy atom. The van der Waals surface area contributed by atoms with Gasteiger partial charge >= 0.3 is 0 Å². The lowest BCUT2D eigenvalue weighted by atomic mass is 9.87. The minimum Gasteiger partial charge on any atom is -0.276 e. The molecule has 0 saturated carbocycles. The van der Waals surface area contributed by atoms with E-state index in [2.05, 4.69) is 30.6 Å². The van der Waals surface area contributed by atoms with Crippen LogP contribution in [0, 0.1) is 19.7 Å². The molecule has 1 heterocycles. The summed E-state index contributed by atoms with van der Waals surface area (Å²) in [6.07, 6.45) is 0. The smallest absolute Gasteiger partial charge is 0.262 e. The molecule has 3 rings (SSSR count). The molecule has 160 valence electrons. The molecule has 30 heavy (non-hydrogen) atoms. The highest BCUT2D eigenvalue weighted by Gasteiger charge is 2.22. The van der Waals surface area contributed by atoms with Gasteiger partial charge in [0.15, 0.2) is 0 Å². The van der Waals surface area contributed by atoms with Gasteiger partial charge in [0.25, 0.3) is 10.0 Å². The summed E-state index contributed by atoms with van der Waals surface area (Å²) in [6, 6.07) is 11.3. The quantitative estimate of drug-likeness (QED) is 0.564. The van der Waals surface area contributed by atoms with Gasteiger partial charge < -0.3 is 0 Å². The molecule has 0 spiro atoms. The van der Waals surface area contributed by atoms with Crippen molar-refractivity contribution in [2.24, 2.45) is 0 Å². The predicted octanol–water partition coefficient (Wildman–Crippen LogP) is 5.44. The van der Waals surface area contributed by atoms with E-state index in [9.17, 15) is 12.8 Å². The number of hydrogen-bond donors (Lipinski definition) is 1. The van der Waals surface area contributed by atoms with Crippen LogP contribution in [0.3, 0.4) is 0 Å². The van der Waals surface area contributed by atoms with Crippen LogP contribution in [-0.4, -0.2) is 18.2 Å². The van der Waals surface area contributed by atoms with Gasteiger partial charge in [-0.15, -0.1) is 0 Å². The van der Waals surface area contributed by atoms with Gasteiger partial charge in [0.1, 0.15) is 5.82 Å². The van der Waals surface area contributed by atoms with Crippen molar-refractivity contribution in [3.63, 3.8) is 0 Å². The zero-order valence-electron chi connectivity index (χ0n) is 17.6. The van der Waals surface area contributed by atoms with E-state index >= 15 is 0 Å². The number of hydrogen-bond acceptors (Lipinski definition) is 3. The van der Waals surface area contributed by atoms with Gasteiger partial charge in [0.05, 0.1) is 28.5 Å². The largest absolute Gasteiger partial charge is 0.276 e. The number of sulfonamides is 1. The molecule has 8 heteroatoms. The van der Waals surface area contributed by atoms with Crippen LogP contribution in [0.2, 0.25) is 5.02 Å². The number of nitrogens with one attached hydrogen (secondary N) is 1. The van der Waals surface area contributed by atoms with Crippen LogP contribution >= 0.6 is 11.6 Å². The number of aromatic nitrogens is 2. The molecule has 0 saturated heterocycles. The standard InChI is InChI=1S/C22H25ClFN3O2S/c1-14-21(15(2)27(25-14)13-18-19(23)7-6-8-20(18)24)26-30(28,29)17-11-9-16(10-12-17)22(3,4)5/h6-12,26H,13H2,1-5H3. The first-order chi connectivity index (χ1) is 13.9. The zero-order chi connectivity index (χ0) is 22.3. The third-order valence-electron chi connectivity index (χ3n) is 5.02. The zero-order valence-corrected chi connectivity index (χ0v) is 19.2. The first-order valence-corrected chi connectivity index (χ1v) is 11.4. The van der Waals surface area contributed by atoms with E-state index in [-0.39, 0.29) is 16.9 Å². The normalized spacial score (nSPS) is 12.2. The molecule has 2 aromatic carbocycles. The Morgan fingerprint density at radius 2 is 1.73 bits per heavy atom. The van der Waals surface area contributed by atoms with Gasteiger partial charge in [-0.1, -0.05) is 50.6 Å². The van der Waals surface area contributed by atoms with E-state index in [4.69, 9.17) is 11.6 Å². The van der Waals surface area contributed by atoms with Gasteiger partial charge in [0, 0.05) is 10.6 Å². The van der Waals surface area contributed by atoms with Gasteiger partial charge in [-0.05, 0) is 49.1 Å². The number of nitrogens with zero attached hydrogens (tertiary/aromatic N) is 2. The lowest BCUT2D eigenvalue weighted by Gasteiger charge is -2.19. The molecule has 0 fully saturated rings. The maximum absolute atomic E-state index is 14.1. The molecular formula is C22H25ClFN3O2S. The van der Waals surface area contributed by atoms with Gasteiger partial charge in [-0.3, -0.25) is 9.40 Å². The first kappa shape index (κ1) is 22.3. The summed E-state index contributed by atoms with van der Waals surface area (Å²) < 4.78 is 44.1. The number of halogens is 2. The second-order valence-corrected chi connectivity index (χ2v) is 10.4. The van der Waals surface area contributed by atoms with Crippen molar-refractivity contribution in [2.75, 3.05) is 4.72 Å². The van der Waals surface area contributed by atoms with Crippen LogP contribution < -0.4 is 4.72 Å². The molecule has 1 aromatic heterocycles. The van der Waals surface area contributed by atoms with E-state index in [1.165, 1.54) is 12.1 Å². The molecule has 3 aromatic rings. The highest BCUT2D eigenvalue weighted by molar-refractivity contribution is 7.92. The van der Waals surface area contributed by atoms with Gasteiger partial charge in [-0.2, -0.15) is 5.10 Å². The van der Waals surface area contributed by atoms with Crippen molar-refractivity contribution in [1.82, 2.24) is 9.78 Å². The average molecular weight is 450 g/mol. The fourth-order valence-corrected chi connectivity index (χ4v) is 4.56. The molecule has 0 amide bonds. The molecule has 1 N–H and O–H groups in total. The lowest BCUT2D eigenvalue weighted by molar-refractivity contribution is 0.579. The van der Waals surface area contributed by atoms with Gasteiger partial charge in [-0.25, -0.2) is 12.8 Å². The van der Waals surface area contributed by atoms with Crippen molar-refractivity contribution in [3.05, 3.63) is 75.8 Å².